The van der Waals surface area contributed by atoms with Crippen LogP contribution in [-0.2, 0) is 0 Å². The molecule has 3 aromatic rings. The quantitative estimate of drug-likeness (QED) is 0.680. The molecule has 4 heteroatoms. The number of phenolic OH excluding ortho intramolecular Hbond substituents is 1. The molecule has 28 heavy (non-hydrogen) atoms. The minimum Gasteiger partial charge on any atom is -0.508 e. The third kappa shape index (κ3) is 3.19. The minimum atomic E-state index is -0.173. The number of aromatic hydroxyl groups is 1. The molecule has 0 bridgehead atoms. The topological polar surface area (TPSA) is 32.7 Å². The Labute approximate surface area is 165 Å². The minimum absolute atomic E-state index is 0.0585. The van der Waals surface area contributed by atoms with E-state index in [2.05, 4.69) is 29.2 Å². The van der Waals surface area contributed by atoms with Crippen LogP contribution in [-0.4, -0.2) is 25.8 Å². The number of ether oxygens (including phenoxy) is 1. The van der Waals surface area contributed by atoms with E-state index in [1.165, 1.54) is 0 Å². The highest BCUT2D eigenvalue weighted by molar-refractivity contribution is 5.53. The van der Waals surface area contributed by atoms with Crippen LogP contribution in [0.15, 0.2) is 60.7 Å². The maximum Gasteiger partial charge on any atom is 0.129 e. The number of aryl methyl sites for hydroxylation is 1. The van der Waals surface area contributed by atoms with Gasteiger partial charge in [0.25, 0.3) is 0 Å². The highest BCUT2D eigenvalue weighted by Crippen LogP contribution is 2.47. The fraction of sp³-hybridized carbons (Fsp3) is 0.250. The van der Waals surface area contributed by atoms with Crippen LogP contribution in [0.1, 0.15) is 34.1 Å². The summed E-state index contributed by atoms with van der Waals surface area (Å²) in [5.41, 5.74) is 4.48. The Hall–Kier alpha value is -3.01. The number of rotatable bonds is 3. The Morgan fingerprint density at radius 3 is 2.46 bits per heavy atom. The summed E-state index contributed by atoms with van der Waals surface area (Å²) in [4.78, 5) is 2.05. The first kappa shape index (κ1) is 18.4. The maximum absolute atomic E-state index is 15.0. The molecule has 1 N–H and O–H groups in total. The number of hydrogen-bond acceptors (Lipinski definition) is 3. The van der Waals surface area contributed by atoms with Crippen LogP contribution in [0.4, 0.5) is 10.1 Å². The summed E-state index contributed by atoms with van der Waals surface area (Å²) in [7, 11) is 4.01. The van der Waals surface area contributed by atoms with Crippen LogP contribution in [0, 0.1) is 12.7 Å². The molecule has 2 unspecified atom stereocenters. The largest absolute Gasteiger partial charge is 0.508 e. The maximum atomic E-state index is 15.0. The fourth-order valence-electron chi connectivity index (χ4n) is 4.02. The number of halogens is 1. The van der Waals surface area contributed by atoms with E-state index >= 15 is 0 Å². The molecule has 0 saturated heterocycles. The van der Waals surface area contributed by atoms with E-state index in [0.717, 1.165) is 16.8 Å². The molecule has 0 radical (unpaired) electrons. The van der Waals surface area contributed by atoms with Gasteiger partial charge >= 0.3 is 0 Å². The van der Waals surface area contributed by atoms with Gasteiger partial charge < -0.3 is 14.7 Å². The Kier molecular flexibility index (Phi) is 4.71. The zero-order valence-electron chi connectivity index (χ0n) is 16.3. The number of hydrogen-bond donors (Lipinski definition) is 1. The summed E-state index contributed by atoms with van der Waals surface area (Å²) in [6.45, 7) is 2.15. The second-order valence-electron chi connectivity index (χ2n) is 7.58. The number of anilines is 1. The predicted molar refractivity (Wildman–Crippen MR) is 110 cm³/mol. The predicted octanol–water partition coefficient (Wildman–Crippen LogP) is 5.21. The van der Waals surface area contributed by atoms with Crippen molar-refractivity contribution in [3.63, 3.8) is 0 Å². The Bertz CT molecular complexity index is 998. The molecule has 0 saturated carbocycles. The highest BCUT2D eigenvalue weighted by atomic mass is 19.1. The normalized spacial score (nSPS) is 18.3. The molecule has 0 amide bonds. The van der Waals surface area contributed by atoms with Gasteiger partial charge in [0.15, 0.2) is 0 Å². The second kappa shape index (κ2) is 7.19. The van der Waals surface area contributed by atoms with Gasteiger partial charge in [-0.1, -0.05) is 36.4 Å². The van der Waals surface area contributed by atoms with Crippen LogP contribution in [0.5, 0.6) is 11.5 Å². The van der Waals surface area contributed by atoms with E-state index in [1.54, 1.807) is 25.1 Å². The van der Waals surface area contributed by atoms with E-state index in [-0.39, 0.29) is 23.4 Å². The van der Waals surface area contributed by atoms with E-state index < -0.39 is 0 Å². The van der Waals surface area contributed by atoms with Gasteiger partial charge in [-0.15, -0.1) is 0 Å². The van der Waals surface area contributed by atoms with Gasteiger partial charge in [-0.2, -0.15) is 0 Å². The number of nitrogens with zero attached hydrogens (tertiary/aromatic N) is 1. The van der Waals surface area contributed by atoms with Gasteiger partial charge in [-0.05, 0) is 41.8 Å². The number of phenols is 1. The molecule has 3 aromatic carbocycles. The molecular weight excluding hydrogens is 353 g/mol. The van der Waals surface area contributed by atoms with Gasteiger partial charge in [-0.25, -0.2) is 4.39 Å². The lowest BCUT2D eigenvalue weighted by atomic mass is 9.75. The molecule has 3 nitrogen and oxygen atoms in total. The van der Waals surface area contributed by atoms with Crippen molar-refractivity contribution in [1.29, 1.82) is 0 Å². The molecule has 1 aliphatic heterocycles. The fourth-order valence-corrected chi connectivity index (χ4v) is 4.02. The molecule has 4 rings (SSSR count). The zero-order chi connectivity index (χ0) is 19.8. The second-order valence-corrected chi connectivity index (χ2v) is 7.58. The molecule has 2 atom stereocenters. The zero-order valence-corrected chi connectivity index (χ0v) is 16.3. The molecule has 1 heterocycles. The van der Waals surface area contributed by atoms with E-state index in [1.807, 2.05) is 32.3 Å². The van der Waals surface area contributed by atoms with E-state index in [9.17, 15) is 9.50 Å². The third-order valence-electron chi connectivity index (χ3n) is 5.54. The van der Waals surface area contributed by atoms with Crippen molar-refractivity contribution in [3.8, 4) is 11.5 Å². The lowest BCUT2D eigenvalue weighted by Gasteiger charge is -2.35. The third-order valence-corrected chi connectivity index (χ3v) is 5.54. The molecule has 0 fully saturated rings. The van der Waals surface area contributed by atoms with Crippen molar-refractivity contribution in [2.24, 2.45) is 0 Å². The monoisotopic (exact) mass is 377 g/mol. The van der Waals surface area contributed by atoms with Crippen LogP contribution in [0.25, 0.3) is 0 Å². The Morgan fingerprint density at radius 2 is 1.75 bits per heavy atom. The lowest BCUT2D eigenvalue weighted by Crippen LogP contribution is -2.26. The molecular formula is C24H24FNO2. The first-order valence-corrected chi connectivity index (χ1v) is 9.43. The smallest absolute Gasteiger partial charge is 0.129 e. The van der Waals surface area contributed by atoms with Gasteiger partial charge in [0, 0.05) is 43.2 Å². The van der Waals surface area contributed by atoms with Gasteiger partial charge in [-0.3, -0.25) is 0 Å². The van der Waals surface area contributed by atoms with Crippen molar-refractivity contribution in [2.45, 2.75) is 18.8 Å². The van der Waals surface area contributed by atoms with Crippen molar-refractivity contribution in [3.05, 3.63) is 88.7 Å². The van der Waals surface area contributed by atoms with E-state index in [0.29, 0.717) is 23.5 Å². The summed E-state index contributed by atoms with van der Waals surface area (Å²) in [5, 5.41) is 9.86. The van der Waals surface area contributed by atoms with Crippen molar-refractivity contribution >= 4 is 5.69 Å². The molecule has 1 aliphatic rings. The molecule has 0 aromatic heterocycles. The van der Waals surface area contributed by atoms with Crippen molar-refractivity contribution < 1.29 is 14.2 Å². The lowest BCUT2D eigenvalue weighted by molar-refractivity contribution is 0.245. The average Bonchev–Trinajstić information content (AvgIpc) is 2.69. The summed E-state index contributed by atoms with van der Waals surface area (Å²) in [5.74, 6) is 0.443. The first-order chi connectivity index (χ1) is 13.5. The van der Waals surface area contributed by atoms with Crippen molar-refractivity contribution in [1.82, 2.24) is 0 Å². The SMILES string of the molecule is Cc1cccc(C2COc3cc(O)ccc3C2c2ccc(N(C)C)cc2)c1F. The summed E-state index contributed by atoms with van der Waals surface area (Å²) in [6, 6.07) is 19.1. The number of benzene rings is 3. The molecule has 0 aliphatic carbocycles. The summed E-state index contributed by atoms with van der Waals surface area (Å²) >= 11 is 0. The molecule has 0 spiro atoms. The average molecular weight is 377 g/mol. The number of fused-ring (bicyclic) bond motifs is 1. The van der Waals surface area contributed by atoms with Gasteiger partial charge in [0.2, 0.25) is 0 Å². The summed E-state index contributed by atoms with van der Waals surface area (Å²) < 4.78 is 20.9. The first-order valence-electron chi connectivity index (χ1n) is 9.43. The van der Waals surface area contributed by atoms with E-state index in [4.69, 9.17) is 4.74 Å². The highest BCUT2D eigenvalue weighted by Gasteiger charge is 2.35. The Balaban J connectivity index is 1.86. The van der Waals surface area contributed by atoms with Crippen molar-refractivity contribution in [2.75, 3.05) is 25.6 Å². The van der Waals surface area contributed by atoms with Crippen LogP contribution >= 0.6 is 0 Å². The van der Waals surface area contributed by atoms with Crippen LogP contribution in [0.2, 0.25) is 0 Å². The van der Waals surface area contributed by atoms with Crippen LogP contribution in [0.3, 0.4) is 0 Å². The Morgan fingerprint density at radius 1 is 1.00 bits per heavy atom. The molecule has 144 valence electrons. The van der Waals surface area contributed by atoms with Gasteiger partial charge in [0.05, 0.1) is 6.61 Å². The standard InChI is InChI=1S/C24H24FNO2/c1-15-5-4-6-19(24(15)25)21-14-28-22-13-18(27)11-12-20(22)23(21)16-7-9-17(10-8-16)26(2)3/h4-13,21,23,27H,14H2,1-3H3. The van der Waals surface area contributed by atoms with Crippen LogP contribution < -0.4 is 9.64 Å². The van der Waals surface area contributed by atoms with Gasteiger partial charge in [0.1, 0.15) is 17.3 Å². The summed E-state index contributed by atoms with van der Waals surface area (Å²) in [6.07, 6.45) is 0.